The normalized spacial score (nSPS) is 22.4. The molecule has 61 heavy (non-hydrogen) atoms. The van der Waals surface area contributed by atoms with Gasteiger partial charge in [-0.3, -0.25) is 9.59 Å². The van der Waals surface area contributed by atoms with E-state index in [1.165, 1.54) is 62.3 Å². The standard InChI is InChI=1S/C52H72N4O5/c1-12-17-29(4)18-15-19-30(5)20-16-21-31(6)24-25-61-45(57)23-22-38-34(9)41-26-39-32(7)36(13-2)43(53-39)27-40-33(8)37(14-3)44(54-40)28-42-35(10)46-50(56-42)47(49(38)55-41)48(51(46)58)52(59)60-11/h13,24,26-30,34,38,48-49,53-56,58H,2,12,14-23,25H2,1,3-11H3/b31-24+,40-27-,41-26-,44-28-/t29-,30+,34+,38+,48-,49?/m1/s1. The molecule has 6 rings (SSSR count). The van der Waals surface area contributed by atoms with E-state index in [0.717, 1.165) is 92.2 Å². The fourth-order valence-electron chi connectivity index (χ4n) is 10.3. The molecule has 0 amide bonds. The molecule has 0 saturated carbocycles. The lowest BCUT2D eigenvalue weighted by molar-refractivity contribution is -0.143. The summed E-state index contributed by atoms with van der Waals surface area (Å²) < 4.78 is 11.2. The van der Waals surface area contributed by atoms with E-state index >= 15 is 0 Å². The Kier molecular flexibility index (Phi) is 14.8. The Labute approximate surface area is 363 Å². The summed E-state index contributed by atoms with van der Waals surface area (Å²) in [5.41, 5.74) is 11.1. The van der Waals surface area contributed by atoms with Gasteiger partial charge in [0.05, 0.1) is 18.5 Å². The maximum atomic E-state index is 13.6. The van der Waals surface area contributed by atoms with Crippen molar-refractivity contribution in [3.8, 4) is 0 Å². The topological polar surface area (TPSA) is 132 Å². The number of aliphatic hydroxyl groups excluding tert-OH is 1. The summed E-state index contributed by atoms with van der Waals surface area (Å²) in [6.07, 6.45) is 21.9. The maximum Gasteiger partial charge on any atom is 0.320 e. The van der Waals surface area contributed by atoms with Gasteiger partial charge in [0.2, 0.25) is 0 Å². The fourth-order valence-corrected chi connectivity index (χ4v) is 10.3. The van der Waals surface area contributed by atoms with Crippen molar-refractivity contribution in [1.82, 2.24) is 20.3 Å². The van der Waals surface area contributed by atoms with Gasteiger partial charge in [0, 0.05) is 56.6 Å². The van der Waals surface area contributed by atoms with Crippen molar-refractivity contribution in [3.05, 3.63) is 90.1 Å². The van der Waals surface area contributed by atoms with Crippen LogP contribution >= 0.6 is 0 Å². The Morgan fingerprint density at radius 3 is 2.26 bits per heavy atom. The van der Waals surface area contributed by atoms with Crippen molar-refractivity contribution in [1.29, 1.82) is 0 Å². The predicted octanol–water partition coefficient (Wildman–Crippen LogP) is 8.34. The highest BCUT2D eigenvalue weighted by Gasteiger charge is 2.47. The minimum Gasteiger partial charge on any atom is -0.510 e. The molecule has 1 fully saturated rings. The Balaban J connectivity index is 1.28. The maximum absolute atomic E-state index is 13.6. The summed E-state index contributed by atoms with van der Waals surface area (Å²) >= 11 is 0. The molecular formula is C52H72N4O5. The lowest BCUT2D eigenvalue weighted by Crippen LogP contribution is -2.38. The number of nitrogens with one attached hydrogen (secondary N) is 4. The Morgan fingerprint density at radius 1 is 0.885 bits per heavy atom. The summed E-state index contributed by atoms with van der Waals surface area (Å²) in [7, 11) is 1.36. The van der Waals surface area contributed by atoms with Gasteiger partial charge in [0.15, 0.2) is 0 Å². The molecule has 3 aromatic rings. The van der Waals surface area contributed by atoms with Crippen LogP contribution in [0.25, 0.3) is 35.6 Å². The van der Waals surface area contributed by atoms with E-state index in [4.69, 9.17) is 9.47 Å². The van der Waals surface area contributed by atoms with Crippen molar-refractivity contribution in [2.24, 2.45) is 29.6 Å². The molecule has 1 saturated heterocycles. The molecule has 1 aliphatic carbocycles. The monoisotopic (exact) mass is 833 g/mol. The molecule has 3 aliphatic rings. The SMILES string of the molecule is C=Cc1c2[nH]c(c1C)/C=C1\NC(C3=c4[nH]c(c(C)c4=C(O)[C@@H]3C(=O)OC)/C=c3\[nH]/c(c(C)c3CC)=C\2)[C@@H](CCC(=O)OC/C=C(\C)CCC[C@@H](C)CCC[C@H](C)CCC)[C@@H]1C. The minimum atomic E-state index is -0.992. The zero-order valence-corrected chi connectivity index (χ0v) is 38.6. The molecule has 9 heteroatoms. The van der Waals surface area contributed by atoms with Gasteiger partial charge in [-0.15, -0.1) is 0 Å². The number of esters is 2. The van der Waals surface area contributed by atoms with Gasteiger partial charge < -0.3 is 34.8 Å². The number of carbonyl (C=O) groups is 2. The number of ether oxygens (including phenoxy) is 2. The molecule has 330 valence electrons. The van der Waals surface area contributed by atoms with Crippen LogP contribution in [0.15, 0.2) is 23.9 Å². The Bertz CT molecular complexity index is 2440. The number of fused-ring (bicyclic) bond motifs is 8. The fraction of sp³-hybridized carbons (Fsp3) is 0.538. The average Bonchev–Trinajstić information content (AvgIpc) is 3.97. The van der Waals surface area contributed by atoms with Gasteiger partial charge >= 0.3 is 11.9 Å². The van der Waals surface area contributed by atoms with Gasteiger partial charge in [0.25, 0.3) is 0 Å². The number of carbonyl (C=O) groups excluding carboxylic acids is 2. The number of rotatable bonds is 18. The van der Waals surface area contributed by atoms with E-state index in [0.29, 0.717) is 11.6 Å². The third kappa shape index (κ3) is 9.61. The Morgan fingerprint density at radius 2 is 1.57 bits per heavy atom. The molecular weight excluding hydrogens is 761 g/mol. The van der Waals surface area contributed by atoms with Gasteiger partial charge in [-0.2, -0.15) is 0 Å². The van der Waals surface area contributed by atoms with E-state index in [-0.39, 0.29) is 36.6 Å². The van der Waals surface area contributed by atoms with Crippen LogP contribution in [0.3, 0.4) is 0 Å². The van der Waals surface area contributed by atoms with Crippen LogP contribution in [0.1, 0.15) is 151 Å². The molecule has 6 atom stereocenters. The first kappa shape index (κ1) is 45.6. The number of aliphatic hydroxyl groups is 1. The quantitative estimate of drug-likeness (QED) is 0.0647. The number of methoxy groups -OCH3 is 1. The van der Waals surface area contributed by atoms with Crippen LogP contribution in [-0.4, -0.2) is 51.8 Å². The van der Waals surface area contributed by atoms with Crippen molar-refractivity contribution in [2.75, 3.05) is 13.7 Å². The van der Waals surface area contributed by atoms with Crippen LogP contribution in [0.5, 0.6) is 0 Å². The zero-order valence-electron chi connectivity index (χ0n) is 38.6. The lowest BCUT2D eigenvalue weighted by atomic mass is 9.80. The average molecular weight is 833 g/mol. The van der Waals surface area contributed by atoms with Gasteiger partial charge in [-0.25, -0.2) is 0 Å². The summed E-state index contributed by atoms with van der Waals surface area (Å²) in [5, 5.41) is 19.1. The number of allylic oxidation sites excluding steroid dienone is 2. The van der Waals surface area contributed by atoms with E-state index in [1.54, 1.807) is 0 Å². The minimum absolute atomic E-state index is 0.0158. The highest BCUT2D eigenvalue weighted by Crippen LogP contribution is 2.42. The molecule has 1 unspecified atom stereocenters. The third-order valence-electron chi connectivity index (χ3n) is 14.1. The van der Waals surface area contributed by atoms with Crippen LogP contribution in [0, 0.1) is 50.4 Å². The number of H-pyrrole nitrogens is 3. The molecule has 0 radical (unpaired) electrons. The van der Waals surface area contributed by atoms with E-state index in [1.807, 2.05) is 19.1 Å². The third-order valence-corrected chi connectivity index (χ3v) is 14.1. The van der Waals surface area contributed by atoms with Crippen molar-refractivity contribution < 1.29 is 24.2 Å². The molecule has 5 heterocycles. The highest BCUT2D eigenvalue weighted by atomic mass is 16.5. The molecule has 0 aromatic carbocycles. The van der Waals surface area contributed by atoms with Crippen LogP contribution in [0.4, 0.5) is 0 Å². The van der Waals surface area contributed by atoms with E-state index < -0.39 is 17.9 Å². The molecule has 9 nitrogen and oxygen atoms in total. The summed E-state index contributed by atoms with van der Waals surface area (Å²) in [5.74, 6) is -0.356. The first-order valence-electron chi connectivity index (χ1n) is 23.0. The summed E-state index contributed by atoms with van der Waals surface area (Å²) in [4.78, 5) is 38.1. The van der Waals surface area contributed by atoms with Crippen molar-refractivity contribution in [2.45, 2.75) is 139 Å². The van der Waals surface area contributed by atoms with Gasteiger partial charge in [0.1, 0.15) is 18.3 Å². The second-order valence-corrected chi connectivity index (χ2v) is 18.4. The highest BCUT2D eigenvalue weighted by molar-refractivity contribution is 5.95. The second kappa shape index (κ2) is 19.9. The van der Waals surface area contributed by atoms with E-state index in [2.05, 4.69) is 100 Å². The number of aromatic nitrogens is 3. The van der Waals surface area contributed by atoms with Crippen molar-refractivity contribution >= 4 is 47.6 Å². The van der Waals surface area contributed by atoms with Gasteiger partial charge in [-0.1, -0.05) is 91.4 Å². The largest absolute Gasteiger partial charge is 0.510 e. The second-order valence-electron chi connectivity index (χ2n) is 18.4. The number of hydrogen-bond acceptors (Lipinski definition) is 6. The molecule has 5 N–H and O–H groups in total. The smallest absolute Gasteiger partial charge is 0.320 e. The first-order chi connectivity index (χ1) is 29.2. The molecule has 0 spiro atoms. The van der Waals surface area contributed by atoms with Gasteiger partial charge in [-0.05, 0) is 123 Å². The molecule has 2 aliphatic heterocycles. The lowest BCUT2D eigenvalue weighted by Gasteiger charge is -2.26. The molecule has 8 bridgehead atoms. The van der Waals surface area contributed by atoms with Crippen LogP contribution in [-0.2, 0) is 25.5 Å². The van der Waals surface area contributed by atoms with Crippen LogP contribution in [0.2, 0.25) is 0 Å². The zero-order chi connectivity index (χ0) is 44.1. The predicted molar refractivity (Wildman–Crippen MR) is 249 cm³/mol. The Hall–Kier alpha value is -4.92. The number of hydrogen-bond donors (Lipinski definition) is 5. The summed E-state index contributed by atoms with van der Waals surface area (Å²) in [6, 6.07) is -0.393. The van der Waals surface area contributed by atoms with E-state index in [9.17, 15) is 14.7 Å². The summed E-state index contributed by atoms with van der Waals surface area (Å²) in [6.45, 7) is 24.1. The van der Waals surface area contributed by atoms with Crippen molar-refractivity contribution in [3.63, 3.8) is 0 Å². The number of aromatic amines is 3. The first-order valence-corrected chi connectivity index (χ1v) is 23.0. The molecule has 3 aromatic heterocycles. The van der Waals surface area contributed by atoms with Crippen LogP contribution < -0.4 is 26.6 Å².